The number of hydrogen-bond donors (Lipinski definition) is 0. The number of aldehydes is 1. The topological polar surface area (TPSA) is 47.8 Å². The van der Waals surface area contributed by atoms with Crippen LogP contribution in [0.25, 0.3) is 22.3 Å². The molecule has 0 spiro atoms. The van der Waals surface area contributed by atoms with E-state index in [0.717, 1.165) is 28.6 Å². The lowest BCUT2D eigenvalue weighted by Crippen LogP contribution is -1.92. The predicted molar refractivity (Wildman–Crippen MR) is 69.3 cm³/mol. The molecule has 0 amide bonds. The van der Waals surface area contributed by atoms with Gasteiger partial charge in [0.2, 0.25) is 0 Å². The molecule has 18 heavy (non-hydrogen) atoms. The molecule has 1 aromatic carbocycles. The van der Waals surface area contributed by atoms with Gasteiger partial charge in [-0.25, -0.2) is 9.67 Å². The van der Waals surface area contributed by atoms with Crippen molar-refractivity contribution in [1.29, 1.82) is 0 Å². The van der Waals surface area contributed by atoms with Gasteiger partial charge >= 0.3 is 0 Å². The quantitative estimate of drug-likeness (QED) is 0.643. The third-order valence-electron chi connectivity index (χ3n) is 2.94. The summed E-state index contributed by atoms with van der Waals surface area (Å²) in [5.41, 5.74) is 3.09. The Labute approximate surface area is 104 Å². The van der Waals surface area contributed by atoms with Crippen LogP contribution in [0.4, 0.5) is 0 Å². The Kier molecular flexibility index (Phi) is 2.41. The van der Waals surface area contributed by atoms with Crippen molar-refractivity contribution in [2.24, 2.45) is 7.05 Å². The summed E-state index contributed by atoms with van der Waals surface area (Å²) in [4.78, 5) is 15.4. The molecule has 0 N–H and O–H groups in total. The van der Waals surface area contributed by atoms with E-state index >= 15 is 0 Å². The fourth-order valence-electron chi connectivity index (χ4n) is 2.11. The Morgan fingerprint density at radius 3 is 2.83 bits per heavy atom. The van der Waals surface area contributed by atoms with Crippen LogP contribution in [0.1, 0.15) is 10.4 Å². The monoisotopic (exact) mass is 237 g/mol. The first kappa shape index (κ1) is 10.7. The molecule has 0 radical (unpaired) electrons. The summed E-state index contributed by atoms with van der Waals surface area (Å²) in [6.45, 7) is 0. The minimum Gasteiger partial charge on any atom is -0.298 e. The highest BCUT2D eigenvalue weighted by atomic mass is 16.1. The SMILES string of the molecule is Cn1nc(-c2ccccc2C=O)c2cccnc21. The Balaban J connectivity index is 2.35. The van der Waals surface area contributed by atoms with Gasteiger partial charge in [-0.15, -0.1) is 0 Å². The number of aromatic nitrogens is 3. The molecule has 0 unspecified atom stereocenters. The number of pyridine rings is 1. The zero-order chi connectivity index (χ0) is 12.5. The molecule has 3 rings (SSSR count). The van der Waals surface area contributed by atoms with E-state index in [2.05, 4.69) is 10.1 Å². The van der Waals surface area contributed by atoms with Crippen molar-refractivity contribution >= 4 is 17.3 Å². The maximum Gasteiger partial charge on any atom is 0.158 e. The smallest absolute Gasteiger partial charge is 0.158 e. The summed E-state index contributed by atoms with van der Waals surface area (Å²) in [5, 5.41) is 5.42. The van der Waals surface area contributed by atoms with Gasteiger partial charge in [-0.05, 0) is 12.1 Å². The minimum absolute atomic E-state index is 0.640. The lowest BCUT2D eigenvalue weighted by molar-refractivity contribution is 0.112. The largest absolute Gasteiger partial charge is 0.298 e. The van der Waals surface area contributed by atoms with Crippen molar-refractivity contribution in [2.45, 2.75) is 0 Å². The van der Waals surface area contributed by atoms with Crippen molar-refractivity contribution in [3.8, 4) is 11.3 Å². The fraction of sp³-hybridized carbons (Fsp3) is 0.0714. The maximum absolute atomic E-state index is 11.1. The van der Waals surface area contributed by atoms with Gasteiger partial charge in [0, 0.05) is 29.8 Å². The zero-order valence-corrected chi connectivity index (χ0v) is 9.87. The summed E-state index contributed by atoms with van der Waals surface area (Å²) in [5.74, 6) is 0. The highest BCUT2D eigenvalue weighted by Crippen LogP contribution is 2.28. The van der Waals surface area contributed by atoms with Crippen LogP contribution in [0, 0.1) is 0 Å². The van der Waals surface area contributed by atoms with Gasteiger partial charge in [0.25, 0.3) is 0 Å². The fourth-order valence-corrected chi connectivity index (χ4v) is 2.11. The van der Waals surface area contributed by atoms with Crippen LogP contribution in [0.5, 0.6) is 0 Å². The summed E-state index contributed by atoms with van der Waals surface area (Å²) < 4.78 is 1.73. The van der Waals surface area contributed by atoms with E-state index in [1.54, 1.807) is 16.9 Å². The molecule has 0 atom stereocenters. The molecular weight excluding hydrogens is 226 g/mol. The van der Waals surface area contributed by atoms with E-state index < -0.39 is 0 Å². The van der Waals surface area contributed by atoms with Crippen LogP contribution in [0.2, 0.25) is 0 Å². The molecular formula is C14H11N3O. The van der Waals surface area contributed by atoms with Crippen LogP contribution < -0.4 is 0 Å². The van der Waals surface area contributed by atoms with E-state index in [1.807, 2.05) is 37.4 Å². The van der Waals surface area contributed by atoms with Gasteiger partial charge in [0.15, 0.2) is 11.9 Å². The first-order chi connectivity index (χ1) is 8.81. The predicted octanol–water partition coefficient (Wildman–Crippen LogP) is 2.45. The van der Waals surface area contributed by atoms with Crippen LogP contribution in [-0.2, 0) is 7.05 Å². The van der Waals surface area contributed by atoms with E-state index in [4.69, 9.17) is 0 Å². The molecule has 0 aliphatic carbocycles. The molecule has 0 fully saturated rings. The summed E-state index contributed by atoms with van der Waals surface area (Å²) in [7, 11) is 1.85. The second kappa shape index (κ2) is 4.07. The number of fused-ring (bicyclic) bond motifs is 1. The van der Waals surface area contributed by atoms with Gasteiger partial charge in [-0.3, -0.25) is 4.79 Å². The summed E-state index contributed by atoms with van der Waals surface area (Å²) >= 11 is 0. The Morgan fingerprint density at radius 2 is 2.00 bits per heavy atom. The van der Waals surface area contributed by atoms with Crippen LogP contribution in [0.15, 0.2) is 42.6 Å². The van der Waals surface area contributed by atoms with Crippen LogP contribution in [-0.4, -0.2) is 21.1 Å². The minimum atomic E-state index is 0.640. The molecule has 0 aliphatic rings. The molecule has 0 aliphatic heterocycles. The number of carbonyl (C=O) groups excluding carboxylic acids is 1. The van der Waals surface area contributed by atoms with Gasteiger partial charge in [0.1, 0.15) is 5.69 Å². The van der Waals surface area contributed by atoms with Crippen LogP contribution >= 0.6 is 0 Å². The summed E-state index contributed by atoms with van der Waals surface area (Å²) in [6, 6.07) is 11.3. The standard InChI is InChI=1S/C14H11N3O/c1-17-14-12(7-4-8-15-14)13(16-17)11-6-3-2-5-10(11)9-18/h2-9H,1H3. The molecule has 88 valence electrons. The second-order valence-electron chi connectivity index (χ2n) is 4.05. The van der Waals surface area contributed by atoms with Crippen molar-refractivity contribution in [1.82, 2.24) is 14.8 Å². The van der Waals surface area contributed by atoms with Crippen molar-refractivity contribution in [2.75, 3.05) is 0 Å². The lowest BCUT2D eigenvalue weighted by atomic mass is 10.0. The van der Waals surface area contributed by atoms with E-state index in [0.29, 0.717) is 5.56 Å². The number of hydrogen-bond acceptors (Lipinski definition) is 3. The molecule has 0 saturated heterocycles. The Bertz CT molecular complexity index is 731. The van der Waals surface area contributed by atoms with Crippen molar-refractivity contribution in [3.05, 3.63) is 48.2 Å². The number of benzene rings is 1. The first-order valence-corrected chi connectivity index (χ1v) is 5.63. The van der Waals surface area contributed by atoms with E-state index in [-0.39, 0.29) is 0 Å². The highest BCUT2D eigenvalue weighted by Gasteiger charge is 2.13. The van der Waals surface area contributed by atoms with Crippen LogP contribution in [0.3, 0.4) is 0 Å². The molecule has 0 bridgehead atoms. The Hall–Kier alpha value is -2.49. The van der Waals surface area contributed by atoms with E-state index in [1.165, 1.54) is 0 Å². The highest BCUT2D eigenvalue weighted by molar-refractivity contribution is 5.96. The third-order valence-corrected chi connectivity index (χ3v) is 2.94. The number of nitrogens with zero attached hydrogens (tertiary/aromatic N) is 3. The normalized spacial score (nSPS) is 10.7. The molecule has 3 aromatic rings. The first-order valence-electron chi connectivity index (χ1n) is 5.63. The second-order valence-corrected chi connectivity index (χ2v) is 4.05. The van der Waals surface area contributed by atoms with Crippen molar-refractivity contribution in [3.63, 3.8) is 0 Å². The number of rotatable bonds is 2. The lowest BCUT2D eigenvalue weighted by Gasteiger charge is -2.00. The zero-order valence-electron chi connectivity index (χ0n) is 9.87. The van der Waals surface area contributed by atoms with E-state index in [9.17, 15) is 4.79 Å². The average molecular weight is 237 g/mol. The molecule has 2 heterocycles. The van der Waals surface area contributed by atoms with Gasteiger partial charge < -0.3 is 0 Å². The third kappa shape index (κ3) is 1.50. The van der Waals surface area contributed by atoms with Gasteiger partial charge in [0.05, 0.1) is 0 Å². The van der Waals surface area contributed by atoms with Crippen molar-refractivity contribution < 1.29 is 4.79 Å². The summed E-state index contributed by atoms with van der Waals surface area (Å²) in [6.07, 6.45) is 2.59. The number of aryl methyl sites for hydroxylation is 1. The van der Waals surface area contributed by atoms with Gasteiger partial charge in [-0.1, -0.05) is 24.3 Å². The molecule has 4 heteroatoms. The molecule has 2 aromatic heterocycles. The maximum atomic E-state index is 11.1. The molecule has 0 saturated carbocycles. The molecule has 4 nitrogen and oxygen atoms in total. The number of carbonyl (C=O) groups is 1. The Morgan fingerprint density at radius 1 is 1.17 bits per heavy atom. The van der Waals surface area contributed by atoms with Gasteiger partial charge in [-0.2, -0.15) is 5.10 Å². The average Bonchev–Trinajstić information content (AvgIpc) is 2.77.